The van der Waals surface area contributed by atoms with Gasteiger partial charge in [-0.15, -0.1) is 0 Å². The third kappa shape index (κ3) is 7.32. The Bertz CT molecular complexity index is 3130. The van der Waals surface area contributed by atoms with Gasteiger partial charge in [0.2, 0.25) is 0 Å². The molecule has 0 unspecified atom stereocenters. The molecule has 12 heteroatoms. The quantitative estimate of drug-likeness (QED) is 0.156. The lowest BCUT2D eigenvalue weighted by Gasteiger charge is -2.18. The molecule has 0 aliphatic heterocycles. The van der Waals surface area contributed by atoms with Crippen LogP contribution in [0.25, 0.3) is 83.9 Å². The number of nitrogens with zero attached hydrogens (tertiary/aromatic N) is 6. The van der Waals surface area contributed by atoms with Crippen molar-refractivity contribution in [2.24, 2.45) is 0 Å². The van der Waals surface area contributed by atoms with Gasteiger partial charge in [-0.05, 0) is 89.0 Å². The molecule has 2 aromatic heterocycles. The minimum absolute atomic E-state index is 0.000734. The van der Waals surface area contributed by atoms with Crippen molar-refractivity contribution in [3.8, 4) is 74.2 Å². The first-order chi connectivity index (χ1) is 29.4. The van der Waals surface area contributed by atoms with Crippen LogP contribution in [0.1, 0.15) is 22.3 Å². The van der Waals surface area contributed by atoms with Gasteiger partial charge in [-0.2, -0.15) is 36.9 Å². The molecule has 0 bridgehead atoms. The van der Waals surface area contributed by atoms with E-state index >= 15 is 0 Å². The molecule has 6 nitrogen and oxygen atoms in total. The van der Waals surface area contributed by atoms with E-state index in [1.54, 1.807) is 78.9 Å². The fraction of sp³-hybridized carbons (Fsp3) is 0.0408. The second-order valence-electron chi connectivity index (χ2n) is 14.2. The molecule has 2 heterocycles. The van der Waals surface area contributed by atoms with Crippen LogP contribution in [0.3, 0.4) is 0 Å². The summed E-state index contributed by atoms with van der Waals surface area (Å²) in [4.78, 5) is 14.3. The van der Waals surface area contributed by atoms with Gasteiger partial charge < -0.3 is 4.57 Å². The van der Waals surface area contributed by atoms with Crippen LogP contribution >= 0.6 is 0 Å². The van der Waals surface area contributed by atoms with E-state index in [0.29, 0.717) is 62.2 Å². The summed E-state index contributed by atoms with van der Waals surface area (Å²) in [5, 5.41) is 21.0. The second kappa shape index (κ2) is 14.9. The van der Waals surface area contributed by atoms with Gasteiger partial charge in [0.25, 0.3) is 0 Å². The minimum atomic E-state index is -5.11. The van der Waals surface area contributed by atoms with E-state index in [1.807, 2.05) is 59.2 Å². The topological polar surface area (TPSA) is 91.2 Å². The fourth-order valence-corrected chi connectivity index (χ4v) is 7.50. The number of hydrogen-bond acceptors (Lipinski definition) is 5. The fourth-order valence-electron chi connectivity index (χ4n) is 7.50. The smallest absolute Gasteiger partial charge is 0.309 e. The van der Waals surface area contributed by atoms with Crippen LogP contribution in [0.5, 0.6) is 0 Å². The van der Waals surface area contributed by atoms with Gasteiger partial charge >= 0.3 is 12.4 Å². The van der Waals surface area contributed by atoms with Crippen LogP contribution in [0.15, 0.2) is 158 Å². The Morgan fingerprint density at radius 2 is 0.951 bits per heavy atom. The Kier molecular flexibility index (Phi) is 9.41. The minimum Gasteiger partial charge on any atom is -0.309 e. The lowest BCUT2D eigenvalue weighted by atomic mass is 9.94. The molecule has 294 valence electrons. The van der Waals surface area contributed by atoms with Crippen molar-refractivity contribution < 1.29 is 26.3 Å². The van der Waals surface area contributed by atoms with Gasteiger partial charge in [0, 0.05) is 33.2 Å². The van der Waals surface area contributed by atoms with Crippen LogP contribution in [0, 0.1) is 22.7 Å². The number of halogens is 6. The molecule has 0 saturated carbocycles. The highest BCUT2D eigenvalue weighted by Gasteiger charge is 2.37. The number of alkyl halides is 6. The molecule has 0 spiro atoms. The lowest BCUT2D eigenvalue weighted by Crippen LogP contribution is -2.11. The van der Waals surface area contributed by atoms with Crippen molar-refractivity contribution in [1.82, 2.24) is 19.5 Å². The molecule has 7 aromatic carbocycles. The molecule has 0 fully saturated rings. The van der Waals surface area contributed by atoms with E-state index in [1.165, 1.54) is 6.07 Å². The zero-order valence-electron chi connectivity index (χ0n) is 31.5. The Labute approximate surface area is 343 Å². The average molecular weight is 813 g/mol. The third-order valence-electron chi connectivity index (χ3n) is 10.3. The maximum absolute atomic E-state index is 14.4. The zero-order chi connectivity index (χ0) is 42.5. The summed E-state index contributed by atoms with van der Waals surface area (Å²) in [6, 6.07) is 46.4. The maximum atomic E-state index is 14.4. The highest BCUT2D eigenvalue weighted by atomic mass is 19.4. The van der Waals surface area contributed by atoms with E-state index in [-0.39, 0.29) is 40.2 Å². The monoisotopic (exact) mass is 812 g/mol. The summed E-state index contributed by atoms with van der Waals surface area (Å²) >= 11 is 0. The van der Waals surface area contributed by atoms with Crippen molar-refractivity contribution >= 4 is 21.8 Å². The molecule has 61 heavy (non-hydrogen) atoms. The van der Waals surface area contributed by atoms with Crippen molar-refractivity contribution in [3.05, 3.63) is 180 Å². The first-order valence-electron chi connectivity index (χ1n) is 18.7. The van der Waals surface area contributed by atoms with Crippen molar-refractivity contribution in [1.29, 1.82) is 10.5 Å². The molecule has 0 atom stereocenters. The first-order valence-corrected chi connectivity index (χ1v) is 18.7. The Morgan fingerprint density at radius 3 is 1.52 bits per heavy atom. The van der Waals surface area contributed by atoms with E-state index in [0.717, 1.165) is 10.8 Å². The first kappa shape index (κ1) is 38.4. The highest BCUT2D eigenvalue weighted by Crippen LogP contribution is 2.43. The summed E-state index contributed by atoms with van der Waals surface area (Å²) in [5.41, 5.74) is 1.70. The summed E-state index contributed by atoms with van der Waals surface area (Å²) in [5.74, 6) is 0.513. The number of hydrogen-bond donors (Lipinski definition) is 0. The number of nitriles is 2. The van der Waals surface area contributed by atoms with Crippen molar-refractivity contribution in [2.75, 3.05) is 0 Å². The third-order valence-corrected chi connectivity index (χ3v) is 10.3. The van der Waals surface area contributed by atoms with Gasteiger partial charge in [0.1, 0.15) is 0 Å². The van der Waals surface area contributed by atoms with Crippen molar-refractivity contribution in [3.63, 3.8) is 0 Å². The Hall–Kier alpha value is -8.09. The predicted molar refractivity (Wildman–Crippen MR) is 221 cm³/mol. The molecule has 0 saturated heterocycles. The van der Waals surface area contributed by atoms with Crippen LogP contribution < -0.4 is 0 Å². The van der Waals surface area contributed by atoms with Crippen LogP contribution in [0.4, 0.5) is 26.3 Å². The largest absolute Gasteiger partial charge is 0.416 e. The number of aromatic nitrogens is 4. The second-order valence-corrected chi connectivity index (χ2v) is 14.2. The van der Waals surface area contributed by atoms with Crippen LogP contribution in [-0.4, -0.2) is 19.5 Å². The average Bonchev–Trinajstić information content (AvgIpc) is 3.62. The van der Waals surface area contributed by atoms with E-state index in [4.69, 9.17) is 15.0 Å². The zero-order valence-corrected chi connectivity index (χ0v) is 31.5. The number of rotatable bonds is 6. The molecule has 9 rings (SSSR count). The normalized spacial score (nSPS) is 11.7. The summed E-state index contributed by atoms with van der Waals surface area (Å²) in [6.07, 6.45) is -10.2. The Balaban J connectivity index is 1.35. The van der Waals surface area contributed by atoms with Crippen molar-refractivity contribution in [2.45, 2.75) is 12.4 Å². The summed E-state index contributed by atoms with van der Waals surface area (Å²) in [6.45, 7) is 0. The van der Waals surface area contributed by atoms with Gasteiger partial charge in [0.15, 0.2) is 17.5 Å². The molecule has 9 aromatic rings. The maximum Gasteiger partial charge on any atom is 0.416 e. The summed E-state index contributed by atoms with van der Waals surface area (Å²) < 4.78 is 88.5. The molecule has 0 radical (unpaired) electrons. The standard InChI is InChI=1S/C49H26F6N6/c50-48(51,52)36-22-35(23-37(25-36)49(53,54)55)42-26-38(16-18-41(42)47-59-45(31-9-3-1-4-10-31)58-46(60-47)32-11-5-2-6-12-32)61-43-14-8-7-13-39(43)40-17-15-33(24-44(40)61)34-20-29(27-56)19-30(21-34)28-57/h1-26H. The lowest BCUT2D eigenvalue weighted by molar-refractivity contribution is -0.143. The molecular formula is C49H26F6N6. The van der Waals surface area contributed by atoms with E-state index < -0.39 is 23.5 Å². The van der Waals surface area contributed by atoms with E-state index in [9.17, 15) is 36.9 Å². The number of para-hydroxylation sites is 1. The Morgan fingerprint density at radius 1 is 0.410 bits per heavy atom. The molecule has 0 amide bonds. The van der Waals surface area contributed by atoms with Crippen LogP contribution in [0.2, 0.25) is 0 Å². The number of benzene rings is 7. The predicted octanol–water partition coefficient (Wildman–Crippen LogP) is 13.1. The van der Waals surface area contributed by atoms with Gasteiger partial charge in [-0.1, -0.05) is 91.0 Å². The molecule has 0 aliphatic rings. The van der Waals surface area contributed by atoms with Gasteiger partial charge in [-0.3, -0.25) is 0 Å². The van der Waals surface area contributed by atoms with Gasteiger partial charge in [0.05, 0.1) is 45.4 Å². The summed E-state index contributed by atoms with van der Waals surface area (Å²) in [7, 11) is 0. The molecule has 0 aliphatic carbocycles. The van der Waals surface area contributed by atoms with Gasteiger partial charge in [-0.25, -0.2) is 15.0 Å². The number of fused-ring (bicyclic) bond motifs is 3. The highest BCUT2D eigenvalue weighted by molar-refractivity contribution is 6.10. The SMILES string of the molecule is N#Cc1cc(C#N)cc(-c2ccc3c4ccccc4n(-c4ccc(-c5nc(-c6ccccc6)nc(-c6ccccc6)n5)c(-c5cc(C(F)(F)F)cc(C(F)(F)F)c5)c4)c3c2)c1. The molecule has 0 N–H and O–H groups in total. The van der Waals surface area contributed by atoms with Crippen LogP contribution in [-0.2, 0) is 12.4 Å². The van der Waals surface area contributed by atoms with E-state index in [2.05, 4.69) is 12.1 Å². The molecular weight excluding hydrogens is 787 g/mol.